The third-order valence-electron chi connectivity index (χ3n) is 3.91. The number of aliphatic carboxylic acids is 2. The van der Waals surface area contributed by atoms with Gasteiger partial charge in [-0.2, -0.15) is 0 Å². The molecular formula is C14H19N3O6S. The van der Waals surface area contributed by atoms with Gasteiger partial charge in [-0.3, -0.25) is 19.3 Å². The zero-order chi connectivity index (χ0) is 18.0. The number of nitrogens with one attached hydrogen (secondary N) is 1. The van der Waals surface area contributed by atoms with Crippen LogP contribution in [0.4, 0.5) is 0 Å². The van der Waals surface area contributed by atoms with E-state index in [1.54, 1.807) is 6.92 Å². The van der Waals surface area contributed by atoms with Crippen molar-refractivity contribution in [3.63, 3.8) is 0 Å². The fourth-order valence-electron chi connectivity index (χ4n) is 2.63. The number of hydrogen-bond acceptors (Lipinski definition) is 6. The molecule has 2 rings (SSSR count). The number of nitrogens with zero attached hydrogens (tertiary/aromatic N) is 1. The summed E-state index contributed by atoms with van der Waals surface area (Å²) in [6.07, 6.45) is 0.515. The molecule has 2 amide bonds. The maximum atomic E-state index is 12.2. The van der Waals surface area contributed by atoms with Crippen molar-refractivity contribution in [3.05, 3.63) is 11.3 Å². The summed E-state index contributed by atoms with van der Waals surface area (Å²) >= 11 is 1.40. The lowest BCUT2D eigenvalue weighted by Gasteiger charge is -2.49. The van der Waals surface area contributed by atoms with Gasteiger partial charge in [0.25, 0.3) is 5.91 Å². The predicted octanol–water partition coefficient (Wildman–Crippen LogP) is -0.673. The Hall–Kier alpha value is -2.07. The van der Waals surface area contributed by atoms with E-state index in [1.807, 2.05) is 0 Å². The Morgan fingerprint density at radius 3 is 2.67 bits per heavy atom. The number of rotatable bonds is 7. The van der Waals surface area contributed by atoms with Crippen LogP contribution < -0.4 is 11.1 Å². The molecule has 3 unspecified atom stereocenters. The molecule has 0 spiro atoms. The molecule has 9 nitrogen and oxygen atoms in total. The molecule has 24 heavy (non-hydrogen) atoms. The molecule has 0 saturated carbocycles. The smallest absolute Gasteiger partial charge is 0.352 e. The van der Waals surface area contributed by atoms with Gasteiger partial charge < -0.3 is 21.3 Å². The second kappa shape index (κ2) is 7.22. The van der Waals surface area contributed by atoms with E-state index in [-0.39, 0.29) is 24.4 Å². The van der Waals surface area contributed by atoms with E-state index in [0.29, 0.717) is 17.7 Å². The first-order chi connectivity index (χ1) is 11.2. The van der Waals surface area contributed by atoms with Crippen LogP contribution in [-0.2, 0) is 19.2 Å². The second-order valence-electron chi connectivity index (χ2n) is 5.73. The van der Waals surface area contributed by atoms with E-state index in [9.17, 15) is 24.3 Å². The molecule has 5 N–H and O–H groups in total. The van der Waals surface area contributed by atoms with E-state index in [0.717, 1.165) is 0 Å². The number of thioether (sulfide) groups is 1. The Morgan fingerprint density at radius 1 is 1.42 bits per heavy atom. The first kappa shape index (κ1) is 18.3. The number of carbonyl (C=O) groups is 4. The number of fused-ring (bicyclic) bond motifs is 1. The number of carboxylic acid groups (broad SMARTS) is 2. The first-order valence-corrected chi connectivity index (χ1v) is 8.44. The van der Waals surface area contributed by atoms with Gasteiger partial charge in [-0.1, -0.05) is 0 Å². The van der Waals surface area contributed by atoms with Crippen LogP contribution in [0.15, 0.2) is 11.3 Å². The molecule has 2 aliphatic heterocycles. The summed E-state index contributed by atoms with van der Waals surface area (Å²) in [6, 6.07) is -1.77. The Morgan fingerprint density at radius 2 is 2.08 bits per heavy atom. The van der Waals surface area contributed by atoms with Crippen molar-refractivity contribution >= 4 is 35.5 Å². The highest BCUT2D eigenvalue weighted by Crippen LogP contribution is 2.40. The SMILES string of the molecule is CC1=C(C(=O)O)N2C(=O)C(NC(=O)CCCC(N)C(=O)O)C2SC1. The Labute approximate surface area is 142 Å². The van der Waals surface area contributed by atoms with Gasteiger partial charge in [-0.05, 0) is 25.3 Å². The summed E-state index contributed by atoms with van der Waals surface area (Å²) in [4.78, 5) is 47.1. The lowest BCUT2D eigenvalue weighted by atomic mass is 10.0. The van der Waals surface area contributed by atoms with Crippen LogP contribution in [0.25, 0.3) is 0 Å². The number of amides is 2. The standard InChI is InChI=1S/C14H19N3O6S/c1-6-5-24-12-9(11(19)17(12)10(6)14(22)23)16-8(18)4-2-3-7(15)13(20)21/h7,9,12H,2-5,15H2,1H3,(H,16,18)(H,20,21)(H,22,23). The van der Waals surface area contributed by atoms with Crippen LogP contribution in [-0.4, -0.2) is 62.1 Å². The fourth-order valence-corrected chi connectivity index (χ4v) is 3.92. The molecule has 0 aliphatic carbocycles. The van der Waals surface area contributed by atoms with E-state index in [4.69, 9.17) is 10.8 Å². The summed E-state index contributed by atoms with van der Waals surface area (Å²) in [5.74, 6) is -2.62. The van der Waals surface area contributed by atoms with Crippen LogP contribution in [0.5, 0.6) is 0 Å². The van der Waals surface area contributed by atoms with Gasteiger partial charge in [0.1, 0.15) is 23.2 Å². The van der Waals surface area contributed by atoms with Crippen LogP contribution in [0.1, 0.15) is 26.2 Å². The Balaban J connectivity index is 1.88. The summed E-state index contributed by atoms with van der Waals surface area (Å²) < 4.78 is 0. The maximum Gasteiger partial charge on any atom is 0.352 e. The summed E-state index contributed by atoms with van der Waals surface area (Å²) in [5.41, 5.74) is 5.95. The summed E-state index contributed by atoms with van der Waals surface area (Å²) in [7, 11) is 0. The molecule has 1 saturated heterocycles. The van der Waals surface area contributed by atoms with Crippen molar-refractivity contribution in [2.75, 3.05) is 5.75 Å². The van der Waals surface area contributed by atoms with Crippen molar-refractivity contribution in [2.45, 2.75) is 43.6 Å². The van der Waals surface area contributed by atoms with Crippen molar-refractivity contribution in [2.24, 2.45) is 5.73 Å². The first-order valence-electron chi connectivity index (χ1n) is 7.39. The third kappa shape index (κ3) is 3.54. The molecule has 2 aliphatic rings. The van der Waals surface area contributed by atoms with Crippen molar-refractivity contribution in [1.29, 1.82) is 0 Å². The van der Waals surface area contributed by atoms with Gasteiger partial charge in [-0.15, -0.1) is 11.8 Å². The number of carboxylic acids is 2. The topological polar surface area (TPSA) is 150 Å². The summed E-state index contributed by atoms with van der Waals surface area (Å²) in [5, 5.41) is 20.1. The predicted molar refractivity (Wildman–Crippen MR) is 84.8 cm³/mol. The zero-order valence-corrected chi connectivity index (χ0v) is 13.8. The fraction of sp³-hybridized carbons (Fsp3) is 0.571. The molecule has 0 bridgehead atoms. The van der Waals surface area contributed by atoms with E-state index >= 15 is 0 Å². The summed E-state index contributed by atoms with van der Waals surface area (Å²) in [6.45, 7) is 1.66. The van der Waals surface area contributed by atoms with E-state index in [1.165, 1.54) is 16.7 Å². The monoisotopic (exact) mass is 357 g/mol. The highest BCUT2D eigenvalue weighted by atomic mass is 32.2. The van der Waals surface area contributed by atoms with E-state index in [2.05, 4.69) is 5.32 Å². The largest absolute Gasteiger partial charge is 0.480 e. The zero-order valence-electron chi connectivity index (χ0n) is 13.0. The number of nitrogens with two attached hydrogens (primary N) is 1. The van der Waals surface area contributed by atoms with Crippen LogP contribution in [0.3, 0.4) is 0 Å². The van der Waals surface area contributed by atoms with Crippen molar-refractivity contribution in [3.8, 4) is 0 Å². The van der Waals surface area contributed by atoms with Gasteiger partial charge in [0, 0.05) is 12.2 Å². The van der Waals surface area contributed by atoms with Crippen LogP contribution in [0.2, 0.25) is 0 Å². The average molecular weight is 357 g/mol. The number of hydrogen-bond donors (Lipinski definition) is 4. The van der Waals surface area contributed by atoms with Crippen LogP contribution >= 0.6 is 11.8 Å². The molecular weight excluding hydrogens is 338 g/mol. The highest BCUT2D eigenvalue weighted by Gasteiger charge is 2.53. The van der Waals surface area contributed by atoms with Gasteiger partial charge in [0.15, 0.2) is 0 Å². The molecule has 3 atom stereocenters. The highest BCUT2D eigenvalue weighted by molar-refractivity contribution is 8.00. The lowest BCUT2D eigenvalue weighted by Crippen LogP contribution is -2.70. The molecule has 1 fully saturated rings. The Kier molecular flexibility index (Phi) is 5.50. The maximum absolute atomic E-state index is 12.2. The minimum absolute atomic E-state index is 0.0123. The number of carbonyl (C=O) groups excluding carboxylic acids is 2. The molecule has 0 aromatic heterocycles. The normalized spacial score (nSPS) is 24.1. The quantitative estimate of drug-likeness (QED) is 0.438. The van der Waals surface area contributed by atoms with Crippen molar-refractivity contribution < 1.29 is 29.4 Å². The van der Waals surface area contributed by atoms with Crippen LogP contribution in [0, 0.1) is 0 Å². The van der Waals surface area contributed by atoms with Gasteiger partial charge >= 0.3 is 11.9 Å². The van der Waals surface area contributed by atoms with Gasteiger partial charge in [-0.25, -0.2) is 4.79 Å². The third-order valence-corrected chi connectivity index (χ3v) is 5.34. The molecule has 132 valence electrons. The minimum atomic E-state index is -1.15. The molecule has 0 aromatic rings. The Bertz CT molecular complexity index is 620. The van der Waals surface area contributed by atoms with Crippen molar-refractivity contribution in [1.82, 2.24) is 10.2 Å². The molecule has 10 heteroatoms. The molecule has 0 aromatic carbocycles. The number of β-lactam (4-membered cyclic amide) rings is 1. The second-order valence-corrected chi connectivity index (χ2v) is 6.83. The van der Waals surface area contributed by atoms with Gasteiger partial charge in [0.2, 0.25) is 5.91 Å². The molecule has 0 radical (unpaired) electrons. The average Bonchev–Trinajstić information content (AvgIpc) is 2.51. The van der Waals surface area contributed by atoms with Gasteiger partial charge in [0.05, 0.1) is 0 Å². The molecule has 2 heterocycles. The lowest BCUT2D eigenvalue weighted by molar-refractivity contribution is -0.150. The minimum Gasteiger partial charge on any atom is -0.480 e. The van der Waals surface area contributed by atoms with E-state index < -0.39 is 35.3 Å².